The Balaban J connectivity index is 2.15. The number of ether oxygens (including phenoxy) is 1. The molecule has 0 saturated carbocycles. The summed E-state index contributed by atoms with van der Waals surface area (Å²) in [5, 5.41) is 11.6. The highest BCUT2D eigenvalue weighted by Gasteiger charge is 2.22. The normalized spacial score (nSPS) is 11.8. The molecule has 0 spiro atoms. The Kier molecular flexibility index (Phi) is 5.87. The van der Waals surface area contributed by atoms with Gasteiger partial charge < -0.3 is 4.74 Å². The lowest BCUT2D eigenvalue weighted by atomic mass is 9.93. The maximum Gasteiger partial charge on any atom is 0.311 e. The first kappa shape index (κ1) is 18.6. The molecule has 0 N–H and O–H groups in total. The quantitative estimate of drug-likeness (QED) is 0.364. The Morgan fingerprint density at radius 3 is 2.19 bits per heavy atom. The zero-order valence-electron chi connectivity index (χ0n) is 15.6. The number of rotatable bonds is 7. The zero-order chi connectivity index (χ0) is 19.2. The van der Waals surface area contributed by atoms with Gasteiger partial charge in [-0.05, 0) is 22.6 Å². The van der Waals surface area contributed by atoms with E-state index in [0.29, 0.717) is 18.3 Å². The molecule has 3 aromatic carbocycles. The fourth-order valence-electron chi connectivity index (χ4n) is 2.96. The van der Waals surface area contributed by atoms with Crippen LogP contribution >= 0.6 is 0 Å². The first-order valence-electron chi connectivity index (χ1n) is 9.16. The van der Waals surface area contributed by atoms with Gasteiger partial charge in [-0.2, -0.15) is 0 Å². The zero-order valence-corrected chi connectivity index (χ0v) is 15.6. The van der Waals surface area contributed by atoms with E-state index in [1.165, 1.54) is 6.07 Å². The van der Waals surface area contributed by atoms with Crippen LogP contribution in [0.3, 0.4) is 0 Å². The molecule has 1 unspecified atom stereocenters. The summed E-state index contributed by atoms with van der Waals surface area (Å²) < 4.78 is 5.99. The molecule has 0 bridgehead atoms. The lowest BCUT2D eigenvalue weighted by Crippen LogP contribution is -2.09. The second-order valence-corrected chi connectivity index (χ2v) is 6.65. The van der Waals surface area contributed by atoms with Crippen LogP contribution in [-0.2, 0) is 0 Å². The predicted molar refractivity (Wildman–Crippen MR) is 109 cm³/mol. The molecule has 0 saturated heterocycles. The van der Waals surface area contributed by atoms with Gasteiger partial charge in [-0.3, -0.25) is 10.1 Å². The molecule has 4 nitrogen and oxygen atoms in total. The third kappa shape index (κ3) is 4.17. The lowest BCUT2D eigenvalue weighted by Gasteiger charge is -2.17. The van der Waals surface area contributed by atoms with E-state index in [9.17, 15) is 10.1 Å². The smallest absolute Gasteiger partial charge is 0.311 e. The molecule has 0 aliphatic carbocycles. The summed E-state index contributed by atoms with van der Waals surface area (Å²) in [6.45, 7) is 4.60. The van der Waals surface area contributed by atoms with Gasteiger partial charge in [-0.1, -0.05) is 87.0 Å². The fourth-order valence-corrected chi connectivity index (χ4v) is 2.96. The van der Waals surface area contributed by atoms with Crippen molar-refractivity contribution in [2.45, 2.75) is 20.3 Å². The summed E-state index contributed by atoms with van der Waals surface area (Å²) in [7, 11) is 0. The van der Waals surface area contributed by atoms with Crippen LogP contribution in [0, 0.1) is 16.0 Å². The average molecular weight is 361 g/mol. The van der Waals surface area contributed by atoms with Crippen molar-refractivity contribution in [1.29, 1.82) is 0 Å². The van der Waals surface area contributed by atoms with Crippen LogP contribution in [-0.4, -0.2) is 11.5 Å². The molecular formula is C23H23NO3. The molecule has 0 aliphatic heterocycles. The number of hydrogen-bond donors (Lipinski definition) is 0. The molecule has 1 atom stereocenters. The van der Waals surface area contributed by atoms with E-state index in [2.05, 4.69) is 13.8 Å². The van der Waals surface area contributed by atoms with Crippen LogP contribution in [0.2, 0.25) is 0 Å². The molecular weight excluding hydrogens is 338 g/mol. The highest BCUT2D eigenvalue weighted by molar-refractivity contribution is 5.87. The number of para-hydroxylation sites is 1. The molecule has 0 aromatic heterocycles. The largest absolute Gasteiger partial charge is 0.486 e. The number of benzene rings is 3. The minimum absolute atomic E-state index is 0.00123. The molecule has 3 rings (SSSR count). The number of hydrogen-bond acceptors (Lipinski definition) is 3. The highest BCUT2D eigenvalue weighted by atomic mass is 16.6. The van der Waals surface area contributed by atoms with Crippen molar-refractivity contribution in [2.75, 3.05) is 6.61 Å². The molecule has 0 aliphatic rings. The van der Waals surface area contributed by atoms with Crippen molar-refractivity contribution in [3.05, 3.63) is 82.9 Å². The van der Waals surface area contributed by atoms with E-state index in [4.69, 9.17) is 4.74 Å². The van der Waals surface area contributed by atoms with Gasteiger partial charge in [0, 0.05) is 11.6 Å². The van der Waals surface area contributed by atoms with Gasteiger partial charge in [0.25, 0.3) is 0 Å². The van der Waals surface area contributed by atoms with Gasteiger partial charge in [0.15, 0.2) is 0 Å². The second kappa shape index (κ2) is 8.49. The van der Waals surface area contributed by atoms with Crippen molar-refractivity contribution < 1.29 is 9.66 Å². The van der Waals surface area contributed by atoms with Crippen molar-refractivity contribution in [3.8, 4) is 28.0 Å². The van der Waals surface area contributed by atoms with Gasteiger partial charge >= 0.3 is 5.69 Å². The summed E-state index contributed by atoms with van der Waals surface area (Å²) >= 11 is 0. The fraction of sp³-hybridized carbons (Fsp3) is 0.217. The molecule has 138 valence electrons. The molecule has 0 amide bonds. The standard InChI is InChI=1S/C23H23NO3/c1-3-17(2)16-27-23-21(14-9-15-22(23)24(25)26)20-13-8-7-12-19(20)18-10-5-4-6-11-18/h4-15,17H,3,16H2,1-2H3. The number of nitro groups is 1. The minimum Gasteiger partial charge on any atom is -0.486 e. The Bertz CT molecular complexity index is 922. The monoisotopic (exact) mass is 361 g/mol. The summed E-state index contributed by atoms with van der Waals surface area (Å²) in [6, 6.07) is 23.1. The molecule has 0 heterocycles. The Labute approximate surface area is 159 Å². The lowest BCUT2D eigenvalue weighted by molar-refractivity contribution is -0.385. The first-order chi connectivity index (χ1) is 13.1. The topological polar surface area (TPSA) is 52.4 Å². The molecule has 0 radical (unpaired) electrons. The number of nitrogens with zero attached hydrogens (tertiary/aromatic N) is 1. The Hall–Kier alpha value is -3.14. The van der Waals surface area contributed by atoms with Gasteiger partial charge in [0.1, 0.15) is 0 Å². The average Bonchev–Trinajstić information content (AvgIpc) is 2.72. The number of nitro benzene ring substituents is 1. The molecule has 27 heavy (non-hydrogen) atoms. The van der Waals surface area contributed by atoms with Crippen LogP contribution in [0.4, 0.5) is 5.69 Å². The van der Waals surface area contributed by atoms with Crippen molar-refractivity contribution in [1.82, 2.24) is 0 Å². The maximum absolute atomic E-state index is 11.6. The van der Waals surface area contributed by atoms with E-state index in [0.717, 1.165) is 28.7 Å². The van der Waals surface area contributed by atoms with E-state index < -0.39 is 0 Å². The van der Waals surface area contributed by atoms with Gasteiger partial charge in [-0.15, -0.1) is 0 Å². The summed E-state index contributed by atoms with van der Waals surface area (Å²) in [4.78, 5) is 11.2. The van der Waals surface area contributed by atoms with E-state index in [1.807, 2.05) is 60.7 Å². The third-order valence-corrected chi connectivity index (χ3v) is 4.70. The first-order valence-corrected chi connectivity index (χ1v) is 9.16. The second-order valence-electron chi connectivity index (χ2n) is 6.65. The van der Waals surface area contributed by atoms with Gasteiger partial charge in [-0.25, -0.2) is 0 Å². The van der Waals surface area contributed by atoms with Gasteiger partial charge in [0.2, 0.25) is 5.75 Å². The predicted octanol–water partition coefficient (Wildman–Crippen LogP) is 6.35. The molecule has 4 heteroatoms. The van der Waals surface area contributed by atoms with Crippen LogP contribution in [0.15, 0.2) is 72.8 Å². The van der Waals surface area contributed by atoms with Crippen molar-refractivity contribution >= 4 is 5.69 Å². The van der Waals surface area contributed by atoms with E-state index >= 15 is 0 Å². The van der Waals surface area contributed by atoms with Crippen molar-refractivity contribution in [2.24, 2.45) is 5.92 Å². The SMILES string of the molecule is CCC(C)COc1c(-c2ccccc2-c2ccccc2)cccc1[N+](=O)[O-]. The van der Waals surface area contributed by atoms with Crippen LogP contribution in [0.25, 0.3) is 22.3 Å². The van der Waals surface area contributed by atoms with Crippen LogP contribution < -0.4 is 4.74 Å². The Morgan fingerprint density at radius 1 is 0.889 bits per heavy atom. The Morgan fingerprint density at radius 2 is 1.52 bits per heavy atom. The molecule has 0 fully saturated rings. The van der Waals surface area contributed by atoms with Crippen molar-refractivity contribution in [3.63, 3.8) is 0 Å². The molecule has 3 aromatic rings. The van der Waals surface area contributed by atoms with Crippen LogP contribution in [0.5, 0.6) is 5.75 Å². The van der Waals surface area contributed by atoms with Gasteiger partial charge in [0.05, 0.1) is 11.5 Å². The summed E-state index contributed by atoms with van der Waals surface area (Å²) in [6.07, 6.45) is 0.955. The van der Waals surface area contributed by atoms with E-state index in [1.54, 1.807) is 6.07 Å². The third-order valence-electron chi connectivity index (χ3n) is 4.70. The highest BCUT2D eigenvalue weighted by Crippen LogP contribution is 2.42. The maximum atomic E-state index is 11.6. The minimum atomic E-state index is -0.374. The van der Waals surface area contributed by atoms with Crippen LogP contribution in [0.1, 0.15) is 20.3 Å². The van der Waals surface area contributed by atoms with E-state index in [-0.39, 0.29) is 10.6 Å². The summed E-state index contributed by atoms with van der Waals surface area (Å²) in [5.74, 6) is 0.660. The summed E-state index contributed by atoms with van der Waals surface area (Å²) in [5.41, 5.74) is 3.75.